The SMILES string of the molecule is CC[C@H]1CN(c2ccc(C(=O)NC3CC3)nc2C(F)(F)F)[C@H](C)CN1C1CCN(C(=O)c2ccc(Cl)cc2)CC1. The lowest BCUT2D eigenvalue weighted by Gasteiger charge is -2.51. The van der Waals surface area contributed by atoms with Crippen LogP contribution in [0.2, 0.25) is 5.02 Å². The molecule has 1 aromatic heterocycles. The van der Waals surface area contributed by atoms with E-state index < -0.39 is 17.8 Å². The molecule has 2 amide bonds. The third-order valence-corrected chi connectivity index (χ3v) is 8.52. The number of carbonyl (C=O) groups excluding carboxylic acids is 2. The Morgan fingerprint density at radius 3 is 2.30 bits per heavy atom. The van der Waals surface area contributed by atoms with Crippen molar-refractivity contribution >= 4 is 29.1 Å². The first-order valence-corrected chi connectivity index (χ1v) is 14.4. The van der Waals surface area contributed by atoms with Gasteiger partial charge in [0.1, 0.15) is 5.69 Å². The quantitative estimate of drug-likeness (QED) is 0.509. The summed E-state index contributed by atoms with van der Waals surface area (Å²) in [6.45, 7) is 6.29. The Morgan fingerprint density at radius 1 is 1.02 bits per heavy atom. The average molecular weight is 578 g/mol. The van der Waals surface area contributed by atoms with Gasteiger partial charge < -0.3 is 15.1 Å². The zero-order valence-electron chi connectivity index (χ0n) is 22.8. The number of anilines is 1. The highest BCUT2D eigenvalue weighted by Crippen LogP contribution is 2.38. The maximum atomic E-state index is 14.2. The number of amides is 2. The largest absolute Gasteiger partial charge is 0.435 e. The molecule has 3 aliphatic rings. The number of pyridine rings is 1. The van der Waals surface area contributed by atoms with Gasteiger partial charge in [-0.2, -0.15) is 13.2 Å². The van der Waals surface area contributed by atoms with Crippen molar-refractivity contribution in [3.63, 3.8) is 0 Å². The molecule has 2 aromatic rings. The second-order valence-electron chi connectivity index (χ2n) is 11.1. The summed E-state index contributed by atoms with van der Waals surface area (Å²) in [7, 11) is 0. The monoisotopic (exact) mass is 577 g/mol. The fraction of sp³-hybridized carbons (Fsp3) is 0.552. The van der Waals surface area contributed by atoms with E-state index in [9.17, 15) is 22.8 Å². The van der Waals surface area contributed by atoms with Gasteiger partial charge in [-0.25, -0.2) is 4.98 Å². The second kappa shape index (κ2) is 11.6. The minimum Gasteiger partial charge on any atom is -0.364 e. The summed E-state index contributed by atoms with van der Waals surface area (Å²) in [5.74, 6) is -0.577. The standard InChI is InChI=1S/C29H35ClF3N5O2/c1-3-22-17-37(25-11-10-24(27(39)34-21-8-9-21)35-26(25)29(31,32)33)18(2)16-38(22)23-12-14-36(15-13-23)28(40)19-4-6-20(30)7-5-19/h4-7,10-11,18,21-23H,3,8-9,12-17H2,1-2H3,(H,34,39)/t18-,22+/m1/s1. The fourth-order valence-corrected chi connectivity index (χ4v) is 6.02. The van der Waals surface area contributed by atoms with Crippen molar-refractivity contribution in [2.24, 2.45) is 0 Å². The zero-order chi connectivity index (χ0) is 28.6. The molecule has 1 aromatic carbocycles. The van der Waals surface area contributed by atoms with Crippen LogP contribution in [0.5, 0.6) is 0 Å². The molecule has 0 unspecified atom stereocenters. The Morgan fingerprint density at radius 2 is 1.70 bits per heavy atom. The number of halogens is 4. The van der Waals surface area contributed by atoms with Crippen molar-refractivity contribution in [1.29, 1.82) is 0 Å². The number of aromatic nitrogens is 1. The third-order valence-electron chi connectivity index (χ3n) is 8.26. The van der Waals surface area contributed by atoms with E-state index in [0.717, 1.165) is 32.1 Å². The first kappa shape index (κ1) is 28.7. The topological polar surface area (TPSA) is 68.8 Å². The van der Waals surface area contributed by atoms with Crippen molar-refractivity contribution in [1.82, 2.24) is 20.1 Å². The number of nitrogens with one attached hydrogen (secondary N) is 1. The van der Waals surface area contributed by atoms with Gasteiger partial charge in [0.25, 0.3) is 11.8 Å². The minimum atomic E-state index is -4.69. The van der Waals surface area contributed by atoms with Crippen LogP contribution in [0.15, 0.2) is 36.4 Å². The van der Waals surface area contributed by atoms with Gasteiger partial charge in [0.2, 0.25) is 0 Å². The molecule has 5 rings (SSSR count). The van der Waals surface area contributed by atoms with Gasteiger partial charge in [-0.1, -0.05) is 18.5 Å². The van der Waals surface area contributed by atoms with Crippen LogP contribution in [0.1, 0.15) is 72.5 Å². The molecule has 2 aliphatic heterocycles. The smallest absolute Gasteiger partial charge is 0.364 e. The Kier molecular flexibility index (Phi) is 8.29. The van der Waals surface area contributed by atoms with Gasteiger partial charge in [-0.15, -0.1) is 0 Å². The van der Waals surface area contributed by atoms with E-state index in [2.05, 4.69) is 22.1 Å². The molecule has 40 heavy (non-hydrogen) atoms. The number of benzene rings is 1. The fourth-order valence-electron chi connectivity index (χ4n) is 5.89. The van der Waals surface area contributed by atoms with Gasteiger partial charge in [0, 0.05) is 60.9 Å². The average Bonchev–Trinajstić information content (AvgIpc) is 3.76. The molecular weight excluding hydrogens is 543 g/mol. The first-order valence-electron chi connectivity index (χ1n) is 14.0. The highest BCUT2D eigenvalue weighted by molar-refractivity contribution is 6.30. The predicted molar refractivity (Wildman–Crippen MR) is 148 cm³/mol. The number of rotatable bonds is 6. The van der Waals surface area contributed by atoms with E-state index in [4.69, 9.17) is 11.6 Å². The number of hydrogen-bond donors (Lipinski definition) is 1. The van der Waals surface area contributed by atoms with Crippen LogP contribution >= 0.6 is 11.6 Å². The summed E-state index contributed by atoms with van der Waals surface area (Å²) in [5.41, 5.74) is -0.590. The molecule has 2 saturated heterocycles. The molecule has 0 radical (unpaired) electrons. The van der Waals surface area contributed by atoms with Crippen LogP contribution in [0, 0.1) is 0 Å². The van der Waals surface area contributed by atoms with Crippen LogP contribution in [0.25, 0.3) is 0 Å². The number of carbonyl (C=O) groups is 2. The van der Waals surface area contributed by atoms with Crippen LogP contribution in [-0.4, -0.2) is 76.9 Å². The minimum absolute atomic E-state index is 0.0122. The number of likely N-dealkylation sites (tertiary alicyclic amines) is 1. The predicted octanol–water partition coefficient (Wildman–Crippen LogP) is 5.24. The highest BCUT2D eigenvalue weighted by atomic mass is 35.5. The molecule has 0 bridgehead atoms. The lowest BCUT2D eigenvalue weighted by molar-refractivity contribution is -0.140. The van der Waals surface area contributed by atoms with Gasteiger partial charge in [-0.05, 0) is 75.4 Å². The lowest BCUT2D eigenvalue weighted by Crippen LogP contribution is -2.62. The molecule has 3 fully saturated rings. The van der Waals surface area contributed by atoms with Crippen LogP contribution in [0.4, 0.5) is 18.9 Å². The van der Waals surface area contributed by atoms with E-state index in [1.165, 1.54) is 12.1 Å². The number of piperazine rings is 1. The molecule has 0 spiro atoms. The van der Waals surface area contributed by atoms with E-state index in [1.807, 2.05) is 11.8 Å². The van der Waals surface area contributed by atoms with Gasteiger partial charge in [0.05, 0.1) is 5.69 Å². The second-order valence-corrected chi connectivity index (χ2v) is 11.5. The van der Waals surface area contributed by atoms with Crippen molar-refractivity contribution in [2.45, 2.75) is 76.3 Å². The summed E-state index contributed by atoms with van der Waals surface area (Å²) in [6.07, 6.45) is -0.607. The molecule has 11 heteroatoms. The summed E-state index contributed by atoms with van der Waals surface area (Å²) in [6, 6.07) is 9.84. The maximum Gasteiger partial charge on any atom is 0.435 e. The van der Waals surface area contributed by atoms with Crippen LogP contribution in [-0.2, 0) is 6.18 Å². The molecule has 2 atom stereocenters. The zero-order valence-corrected chi connectivity index (χ0v) is 23.5. The molecule has 216 valence electrons. The Balaban J connectivity index is 1.28. The van der Waals surface area contributed by atoms with Gasteiger partial charge in [-0.3, -0.25) is 14.5 Å². The normalized spacial score (nSPS) is 22.9. The molecule has 1 aliphatic carbocycles. The summed E-state index contributed by atoms with van der Waals surface area (Å²) in [5, 5.41) is 3.30. The Labute approximate surface area is 237 Å². The Hall–Kier alpha value is -2.85. The number of piperidine rings is 1. The molecular formula is C29H35ClF3N5O2. The number of alkyl halides is 3. The van der Waals surface area contributed by atoms with E-state index >= 15 is 0 Å². The summed E-state index contributed by atoms with van der Waals surface area (Å²) < 4.78 is 42.5. The van der Waals surface area contributed by atoms with Crippen molar-refractivity contribution in [3.8, 4) is 0 Å². The van der Waals surface area contributed by atoms with E-state index in [-0.39, 0.29) is 41.5 Å². The Bertz CT molecular complexity index is 1230. The number of hydrogen-bond acceptors (Lipinski definition) is 5. The molecule has 3 heterocycles. The summed E-state index contributed by atoms with van der Waals surface area (Å²) >= 11 is 5.96. The van der Waals surface area contributed by atoms with Crippen molar-refractivity contribution in [3.05, 3.63) is 58.4 Å². The lowest BCUT2D eigenvalue weighted by atomic mass is 9.95. The third kappa shape index (κ3) is 6.22. The van der Waals surface area contributed by atoms with E-state index in [0.29, 0.717) is 36.8 Å². The number of nitrogens with zero attached hydrogens (tertiary/aromatic N) is 4. The van der Waals surface area contributed by atoms with Crippen LogP contribution in [0.3, 0.4) is 0 Å². The van der Waals surface area contributed by atoms with Crippen molar-refractivity contribution in [2.75, 3.05) is 31.1 Å². The highest BCUT2D eigenvalue weighted by Gasteiger charge is 2.42. The first-order chi connectivity index (χ1) is 19.0. The van der Waals surface area contributed by atoms with E-state index in [1.54, 1.807) is 29.2 Å². The van der Waals surface area contributed by atoms with Gasteiger partial charge in [0.15, 0.2) is 5.69 Å². The molecule has 1 N–H and O–H groups in total. The molecule has 7 nitrogen and oxygen atoms in total. The maximum absolute atomic E-state index is 14.2. The summed E-state index contributed by atoms with van der Waals surface area (Å²) in [4.78, 5) is 35.2. The van der Waals surface area contributed by atoms with Crippen molar-refractivity contribution < 1.29 is 22.8 Å². The van der Waals surface area contributed by atoms with Gasteiger partial charge >= 0.3 is 6.18 Å². The molecule has 1 saturated carbocycles. The van der Waals surface area contributed by atoms with Crippen LogP contribution < -0.4 is 10.2 Å².